The standard InChI is InChI=1S/C21H25NO2/c1-5-22(6-2)19-14-10-9-13-18(19)21(23)20(24-4)15-17-12-8-7-11-16(17)3/h7-15H,5-6H2,1-4H3. The maximum Gasteiger partial charge on any atom is 0.229 e. The van der Waals surface area contributed by atoms with Crippen molar-refractivity contribution in [2.45, 2.75) is 20.8 Å². The van der Waals surface area contributed by atoms with Gasteiger partial charge in [-0.25, -0.2) is 0 Å². The maximum absolute atomic E-state index is 13.0. The molecule has 0 saturated heterocycles. The third-order valence-corrected chi connectivity index (χ3v) is 4.17. The van der Waals surface area contributed by atoms with E-state index >= 15 is 0 Å². The average Bonchev–Trinajstić information content (AvgIpc) is 2.62. The van der Waals surface area contributed by atoms with E-state index in [9.17, 15) is 4.79 Å². The van der Waals surface area contributed by atoms with Crippen LogP contribution in [0.25, 0.3) is 6.08 Å². The van der Waals surface area contributed by atoms with E-state index in [1.54, 1.807) is 7.11 Å². The summed E-state index contributed by atoms with van der Waals surface area (Å²) in [6.07, 6.45) is 1.82. The van der Waals surface area contributed by atoms with Crippen molar-refractivity contribution in [2.75, 3.05) is 25.1 Å². The van der Waals surface area contributed by atoms with Gasteiger partial charge in [0.05, 0.1) is 7.11 Å². The van der Waals surface area contributed by atoms with Crippen LogP contribution in [-0.2, 0) is 4.74 Å². The number of aryl methyl sites for hydroxylation is 1. The van der Waals surface area contributed by atoms with Crippen molar-refractivity contribution in [1.82, 2.24) is 0 Å². The molecule has 0 amide bonds. The number of ether oxygens (including phenoxy) is 1. The molecule has 3 heteroatoms. The molecule has 0 heterocycles. The smallest absolute Gasteiger partial charge is 0.229 e. The van der Waals surface area contributed by atoms with Crippen LogP contribution in [-0.4, -0.2) is 26.0 Å². The highest BCUT2D eigenvalue weighted by Crippen LogP contribution is 2.24. The van der Waals surface area contributed by atoms with E-state index in [0.29, 0.717) is 11.3 Å². The lowest BCUT2D eigenvalue weighted by Crippen LogP contribution is -2.24. The number of nitrogens with zero attached hydrogens (tertiary/aromatic N) is 1. The summed E-state index contributed by atoms with van der Waals surface area (Å²) in [6, 6.07) is 15.6. The van der Waals surface area contributed by atoms with Crippen molar-refractivity contribution in [1.29, 1.82) is 0 Å². The number of allylic oxidation sites excluding steroid dienone is 1. The first kappa shape index (κ1) is 17.8. The minimum atomic E-state index is -0.0942. The van der Waals surface area contributed by atoms with Crippen LogP contribution < -0.4 is 4.90 Å². The second-order valence-electron chi connectivity index (χ2n) is 5.59. The van der Waals surface area contributed by atoms with E-state index in [2.05, 4.69) is 18.7 Å². The maximum atomic E-state index is 13.0. The fourth-order valence-corrected chi connectivity index (χ4v) is 2.75. The van der Waals surface area contributed by atoms with Crippen LogP contribution in [0.15, 0.2) is 54.3 Å². The summed E-state index contributed by atoms with van der Waals surface area (Å²) < 4.78 is 5.42. The summed E-state index contributed by atoms with van der Waals surface area (Å²) in [5, 5.41) is 0. The molecular formula is C21H25NO2. The zero-order valence-electron chi connectivity index (χ0n) is 14.9. The Bertz CT molecular complexity index is 730. The monoisotopic (exact) mass is 323 g/mol. The summed E-state index contributed by atoms with van der Waals surface area (Å²) in [6.45, 7) is 7.90. The highest BCUT2D eigenvalue weighted by Gasteiger charge is 2.19. The number of hydrogen-bond acceptors (Lipinski definition) is 3. The number of rotatable bonds is 7. The predicted molar refractivity (Wildman–Crippen MR) is 100 cm³/mol. The average molecular weight is 323 g/mol. The molecule has 0 aliphatic heterocycles. The highest BCUT2D eigenvalue weighted by atomic mass is 16.5. The van der Waals surface area contributed by atoms with Gasteiger partial charge in [0, 0.05) is 24.3 Å². The van der Waals surface area contributed by atoms with E-state index in [0.717, 1.165) is 29.9 Å². The molecule has 0 N–H and O–H groups in total. The Hall–Kier alpha value is -2.55. The summed E-state index contributed by atoms with van der Waals surface area (Å²) in [4.78, 5) is 15.2. The first-order chi connectivity index (χ1) is 11.6. The topological polar surface area (TPSA) is 29.5 Å². The molecule has 0 radical (unpaired) electrons. The van der Waals surface area contributed by atoms with Crippen LogP contribution in [0.3, 0.4) is 0 Å². The number of para-hydroxylation sites is 1. The molecule has 2 aromatic carbocycles. The van der Waals surface area contributed by atoms with Crippen LogP contribution in [0.5, 0.6) is 0 Å². The number of carbonyl (C=O) groups excluding carboxylic acids is 1. The van der Waals surface area contributed by atoms with E-state index in [4.69, 9.17) is 4.74 Å². The predicted octanol–water partition coefficient (Wildman–Crippen LogP) is 4.71. The number of hydrogen-bond donors (Lipinski definition) is 0. The van der Waals surface area contributed by atoms with Crippen molar-refractivity contribution in [3.05, 3.63) is 71.0 Å². The van der Waals surface area contributed by atoms with Crippen molar-refractivity contribution in [2.24, 2.45) is 0 Å². The van der Waals surface area contributed by atoms with Crippen LogP contribution in [0.1, 0.15) is 35.3 Å². The Kier molecular flexibility index (Phi) is 6.19. The molecule has 0 aliphatic rings. The van der Waals surface area contributed by atoms with E-state index in [-0.39, 0.29) is 5.78 Å². The number of ketones is 1. The molecule has 24 heavy (non-hydrogen) atoms. The lowest BCUT2D eigenvalue weighted by Gasteiger charge is -2.23. The zero-order valence-corrected chi connectivity index (χ0v) is 14.9. The van der Waals surface area contributed by atoms with Crippen molar-refractivity contribution < 1.29 is 9.53 Å². The molecular weight excluding hydrogens is 298 g/mol. The van der Waals surface area contributed by atoms with Crippen LogP contribution in [0.2, 0.25) is 0 Å². The van der Waals surface area contributed by atoms with Crippen molar-refractivity contribution in [3.63, 3.8) is 0 Å². The van der Waals surface area contributed by atoms with E-state index < -0.39 is 0 Å². The SMILES string of the molecule is CCN(CC)c1ccccc1C(=O)C(=Cc1ccccc1C)OC. The minimum absolute atomic E-state index is 0.0942. The number of methoxy groups -OCH3 is 1. The summed E-state index contributed by atoms with van der Waals surface area (Å²) in [7, 11) is 1.54. The number of anilines is 1. The molecule has 126 valence electrons. The molecule has 0 aliphatic carbocycles. The fraction of sp³-hybridized carbons (Fsp3) is 0.286. The van der Waals surface area contributed by atoms with Gasteiger partial charge in [-0.3, -0.25) is 4.79 Å². The van der Waals surface area contributed by atoms with Gasteiger partial charge in [0.1, 0.15) is 0 Å². The molecule has 3 nitrogen and oxygen atoms in total. The molecule has 2 rings (SSSR count). The summed E-state index contributed by atoms with van der Waals surface area (Å²) in [5.74, 6) is 0.257. The third kappa shape index (κ3) is 3.85. The number of carbonyl (C=O) groups is 1. The van der Waals surface area contributed by atoms with Crippen LogP contribution >= 0.6 is 0 Å². The van der Waals surface area contributed by atoms with Gasteiger partial charge in [0.15, 0.2) is 5.76 Å². The van der Waals surface area contributed by atoms with Crippen molar-refractivity contribution in [3.8, 4) is 0 Å². The molecule has 2 aromatic rings. The molecule has 0 unspecified atom stereocenters. The van der Waals surface area contributed by atoms with Crippen LogP contribution in [0.4, 0.5) is 5.69 Å². The van der Waals surface area contributed by atoms with Gasteiger partial charge in [-0.1, -0.05) is 36.4 Å². The largest absolute Gasteiger partial charge is 0.493 e. The van der Waals surface area contributed by atoms with Gasteiger partial charge in [0.25, 0.3) is 0 Å². The summed E-state index contributed by atoms with van der Waals surface area (Å²) >= 11 is 0. The van der Waals surface area contributed by atoms with Crippen LogP contribution in [0, 0.1) is 6.92 Å². The molecule has 0 atom stereocenters. The molecule has 0 saturated carbocycles. The second kappa shape index (κ2) is 8.34. The Morgan fingerprint density at radius 3 is 2.29 bits per heavy atom. The second-order valence-corrected chi connectivity index (χ2v) is 5.59. The fourth-order valence-electron chi connectivity index (χ4n) is 2.75. The van der Waals surface area contributed by atoms with Gasteiger partial charge in [-0.15, -0.1) is 0 Å². The molecule has 0 aromatic heterocycles. The minimum Gasteiger partial charge on any atom is -0.493 e. The van der Waals surface area contributed by atoms with Crippen molar-refractivity contribution >= 4 is 17.5 Å². The Morgan fingerprint density at radius 2 is 1.67 bits per heavy atom. The lowest BCUT2D eigenvalue weighted by molar-refractivity contribution is 0.0957. The quantitative estimate of drug-likeness (QED) is 0.420. The van der Waals surface area contributed by atoms with Gasteiger partial charge in [-0.05, 0) is 50.1 Å². The first-order valence-corrected chi connectivity index (χ1v) is 8.32. The summed E-state index contributed by atoms with van der Waals surface area (Å²) in [5.41, 5.74) is 3.71. The Labute approximate surface area is 144 Å². The zero-order chi connectivity index (χ0) is 17.5. The lowest BCUT2D eigenvalue weighted by atomic mass is 10.0. The highest BCUT2D eigenvalue weighted by molar-refractivity contribution is 6.13. The first-order valence-electron chi connectivity index (χ1n) is 8.32. The third-order valence-electron chi connectivity index (χ3n) is 4.17. The molecule has 0 bridgehead atoms. The Morgan fingerprint density at radius 1 is 1.04 bits per heavy atom. The van der Waals surface area contributed by atoms with E-state index in [1.807, 2.05) is 61.5 Å². The van der Waals surface area contributed by atoms with Gasteiger partial charge < -0.3 is 9.64 Å². The van der Waals surface area contributed by atoms with Gasteiger partial charge >= 0.3 is 0 Å². The van der Waals surface area contributed by atoms with Gasteiger partial charge in [-0.2, -0.15) is 0 Å². The number of Topliss-reactive ketones (excluding diaryl/α,β-unsaturated/α-hetero) is 1. The van der Waals surface area contributed by atoms with E-state index in [1.165, 1.54) is 0 Å². The Balaban J connectivity index is 2.45. The normalized spacial score (nSPS) is 11.2. The molecule has 0 spiro atoms. The molecule has 0 fully saturated rings. The number of benzene rings is 2. The van der Waals surface area contributed by atoms with Gasteiger partial charge in [0.2, 0.25) is 5.78 Å².